The van der Waals surface area contributed by atoms with Gasteiger partial charge in [0.2, 0.25) is 0 Å². The lowest BCUT2D eigenvalue weighted by Crippen LogP contribution is -2.25. The summed E-state index contributed by atoms with van der Waals surface area (Å²) in [5.74, 6) is -1.09. The molecule has 2 aromatic rings. The number of benzene rings is 2. The van der Waals surface area contributed by atoms with Gasteiger partial charge in [0.05, 0.1) is 5.02 Å². The number of likely N-dealkylation sites (tertiary alicyclic amines) is 1. The largest absolute Gasteiger partial charge is 0.506 e. The standard InChI is InChI=1S/C22H24Cl2N2O5/c1-14(27)31-20-12-17(25-13-15-10-16(23)11-19(24)21(15)28)4-5-18(20)22(29)30-9-8-26-6-2-3-7-26/h4-5,10-12,25,28H,2-3,6-9,13H2,1H3. The number of hydrogen-bond donors (Lipinski definition) is 2. The number of phenols is 1. The highest BCUT2D eigenvalue weighted by Crippen LogP contribution is 2.32. The zero-order valence-corrected chi connectivity index (χ0v) is 18.6. The Morgan fingerprint density at radius 2 is 1.90 bits per heavy atom. The molecular formula is C22H24Cl2N2O5. The summed E-state index contributed by atoms with van der Waals surface area (Å²) >= 11 is 11.9. The lowest BCUT2D eigenvalue weighted by molar-refractivity contribution is -0.131. The summed E-state index contributed by atoms with van der Waals surface area (Å²) in [6.07, 6.45) is 2.33. The van der Waals surface area contributed by atoms with E-state index in [4.69, 9.17) is 32.7 Å². The molecule has 0 atom stereocenters. The molecule has 0 bridgehead atoms. The van der Waals surface area contributed by atoms with Crippen molar-refractivity contribution in [1.82, 2.24) is 4.90 Å². The molecule has 0 spiro atoms. The summed E-state index contributed by atoms with van der Waals surface area (Å²) in [7, 11) is 0. The monoisotopic (exact) mass is 466 g/mol. The molecule has 1 fully saturated rings. The second-order valence-electron chi connectivity index (χ2n) is 7.24. The Morgan fingerprint density at radius 1 is 1.16 bits per heavy atom. The molecule has 1 aliphatic rings. The number of ether oxygens (including phenoxy) is 2. The maximum Gasteiger partial charge on any atom is 0.341 e. The van der Waals surface area contributed by atoms with E-state index in [9.17, 15) is 14.7 Å². The van der Waals surface area contributed by atoms with Crippen LogP contribution >= 0.6 is 23.2 Å². The first-order chi connectivity index (χ1) is 14.8. The van der Waals surface area contributed by atoms with Crippen molar-refractivity contribution in [2.45, 2.75) is 26.3 Å². The third-order valence-corrected chi connectivity index (χ3v) is 5.39. The van der Waals surface area contributed by atoms with Crippen LogP contribution in [0.3, 0.4) is 0 Å². The first kappa shape index (κ1) is 23.2. The smallest absolute Gasteiger partial charge is 0.341 e. The van der Waals surface area contributed by atoms with E-state index in [1.807, 2.05) is 0 Å². The summed E-state index contributed by atoms with van der Waals surface area (Å²) in [5, 5.41) is 13.7. The quantitative estimate of drug-likeness (QED) is 0.437. The van der Waals surface area contributed by atoms with Gasteiger partial charge in [0.15, 0.2) is 0 Å². The number of hydrogen-bond acceptors (Lipinski definition) is 7. The Morgan fingerprint density at radius 3 is 2.61 bits per heavy atom. The second-order valence-corrected chi connectivity index (χ2v) is 8.08. The third kappa shape index (κ3) is 6.50. The molecule has 0 aromatic heterocycles. The highest BCUT2D eigenvalue weighted by atomic mass is 35.5. The molecule has 9 heteroatoms. The van der Waals surface area contributed by atoms with Gasteiger partial charge < -0.3 is 19.9 Å². The van der Waals surface area contributed by atoms with E-state index in [0.717, 1.165) is 25.9 Å². The lowest BCUT2D eigenvalue weighted by atomic mass is 10.1. The van der Waals surface area contributed by atoms with Crippen molar-refractivity contribution in [2.75, 3.05) is 31.6 Å². The van der Waals surface area contributed by atoms with Crippen LogP contribution in [0.1, 0.15) is 35.7 Å². The molecule has 0 amide bonds. The first-order valence-electron chi connectivity index (χ1n) is 9.96. The fraction of sp³-hybridized carbons (Fsp3) is 0.364. The fourth-order valence-electron chi connectivity index (χ4n) is 3.34. The highest BCUT2D eigenvalue weighted by molar-refractivity contribution is 6.35. The summed E-state index contributed by atoms with van der Waals surface area (Å²) < 4.78 is 10.6. The van der Waals surface area contributed by atoms with Crippen LogP contribution in [0.2, 0.25) is 10.0 Å². The minimum atomic E-state index is -0.554. The zero-order chi connectivity index (χ0) is 22.4. The molecule has 0 saturated carbocycles. The maximum absolute atomic E-state index is 12.5. The third-order valence-electron chi connectivity index (χ3n) is 4.88. The van der Waals surface area contributed by atoms with Crippen LogP contribution in [0.5, 0.6) is 11.5 Å². The van der Waals surface area contributed by atoms with E-state index in [1.54, 1.807) is 12.1 Å². The van der Waals surface area contributed by atoms with Gasteiger partial charge in [-0.25, -0.2) is 4.79 Å². The van der Waals surface area contributed by atoms with E-state index in [2.05, 4.69) is 10.2 Å². The molecule has 0 radical (unpaired) electrons. The summed E-state index contributed by atoms with van der Waals surface area (Å²) in [6.45, 7) is 4.46. The van der Waals surface area contributed by atoms with Gasteiger partial charge in [0.25, 0.3) is 0 Å². The highest BCUT2D eigenvalue weighted by Gasteiger charge is 2.18. The Bertz CT molecular complexity index is 961. The predicted octanol–water partition coefficient (Wildman–Crippen LogP) is 4.49. The average Bonchev–Trinajstić information content (AvgIpc) is 3.22. The number of halogens is 2. The van der Waals surface area contributed by atoms with Crippen molar-refractivity contribution >= 4 is 40.8 Å². The van der Waals surface area contributed by atoms with Gasteiger partial charge in [-0.3, -0.25) is 9.69 Å². The van der Waals surface area contributed by atoms with Crippen LogP contribution in [0, 0.1) is 0 Å². The molecule has 166 valence electrons. The van der Waals surface area contributed by atoms with Gasteiger partial charge in [-0.2, -0.15) is 0 Å². The van der Waals surface area contributed by atoms with Crippen molar-refractivity contribution in [3.8, 4) is 11.5 Å². The molecule has 2 N–H and O–H groups in total. The number of esters is 2. The molecule has 0 aliphatic carbocycles. The van der Waals surface area contributed by atoms with Crippen LogP contribution < -0.4 is 10.1 Å². The average molecular weight is 467 g/mol. The topological polar surface area (TPSA) is 88.1 Å². The number of aromatic hydroxyl groups is 1. The van der Waals surface area contributed by atoms with Crippen LogP contribution in [0.25, 0.3) is 0 Å². The van der Waals surface area contributed by atoms with Gasteiger partial charge >= 0.3 is 11.9 Å². The van der Waals surface area contributed by atoms with Gasteiger partial charge in [-0.15, -0.1) is 0 Å². The maximum atomic E-state index is 12.5. The number of carbonyl (C=O) groups excluding carboxylic acids is 2. The number of rotatable bonds is 8. The Hall–Kier alpha value is -2.48. The van der Waals surface area contributed by atoms with Gasteiger partial charge in [-0.1, -0.05) is 23.2 Å². The molecule has 0 unspecified atom stereocenters. The molecule has 1 aliphatic heterocycles. The lowest BCUT2D eigenvalue weighted by Gasteiger charge is -2.16. The van der Waals surface area contributed by atoms with Gasteiger partial charge in [-0.05, 0) is 50.2 Å². The van der Waals surface area contributed by atoms with E-state index in [0.29, 0.717) is 22.8 Å². The molecular weight excluding hydrogens is 443 g/mol. The zero-order valence-electron chi connectivity index (χ0n) is 17.1. The van der Waals surface area contributed by atoms with Crippen molar-refractivity contribution in [1.29, 1.82) is 0 Å². The Labute approximate surface area is 190 Å². The summed E-state index contributed by atoms with van der Waals surface area (Å²) in [6, 6.07) is 7.76. The van der Waals surface area contributed by atoms with Crippen molar-refractivity contribution in [3.63, 3.8) is 0 Å². The Kier molecular flexibility index (Phi) is 8.01. The fourth-order valence-corrected chi connectivity index (χ4v) is 3.88. The molecule has 1 saturated heterocycles. The molecule has 1 heterocycles. The number of carbonyl (C=O) groups is 2. The van der Waals surface area contributed by atoms with E-state index >= 15 is 0 Å². The SMILES string of the molecule is CC(=O)Oc1cc(NCc2cc(Cl)cc(Cl)c2O)ccc1C(=O)OCCN1CCCC1. The predicted molar refractivity (Wildman–Crippen MR) is 119 cm³/mol. The Balaban J connectivity index is 1.68. The number of nitrogens with zero attached hydrogens (tertiary/aromatic N) is 1. The molecule has 2 aromatic carbocycles. The van der Waals surface area contributed by atoms with Gasteiger partial charge in [0, 0.05) is 42.4 Å². The van der Waals surface area contributed by atoms with E-state index < -0.39 is 11.9 Å². The molecule has 3 rings (SSSR count). The normalized spacial score (nSPS) is 13.8. The molecule has 31 heavy (non-hydrogen) atoms. The van der Waals surface area contributed by atoms with Crippen molar-refractivity contribution < 1.29 is 24.2 Å². The second kappa shape index (κ2) is 10.7. The van der Waals surface area contributed by atoms with Crippen molar-refractivity contribution in [3.05, 3.63) is 51.5 Å². The van der Waals surface area contributed by atoms with Crippen LogP contribution in [0.4, 0.5) is 5.69 Å². The minimum Gasteiger partial charge on any atom is -0.506 e. The summed E-state index contributed by atoms with van der Waals surface area (Å²) in [5.41, 5.74) is 1.23. The first-order valence-corrected chi connectivity index (χ1v) is 10.7. The number of anilines is 1. The molecule has 7 nitrogen and oxygen atoms in total. The number of nitrogens with one attached hydrogen (secondary N) is 1. The van der Waals surface area contributed by atoms with E-state index in [1.165, 1.54) is 25.1 Å². The van der Waals surface area contributed by atoms with Crippen molar-refractivity contribution in [2.24, 2.45) is 0 Å². The number of phenolic OH excluding ortho intramolecular Hbond substituents is 1. The van der Waals surface area contributed by atoms with E-state index in [-0.39, 0.29) is 35.2 Å². The van der Waals surface area contributed by atoms with Crippen LogP contribution in [0.15, 0.2) is 30.3 Å². The van der Waals surface area contributed by atoms with Crippen LogP contribution in [-0.2, 0) is 16.1 Å². The van der Waals surface area contributed by atoms with Crippen LogP contribution in [-0.4, -0.2) is 48.2 Å². The summed E-state index contributed by atoms with van der Waals surface area (Å²) in [4.78, 5) is 26.3. The van der Waals surface area contributed by atoms with Gasteiger partial charge in [0.1, 0.15) is 23.7 Å². The minimum absolute atomic E-state index is 0.0722.